The van der Waals surface area contributed by atoms with Crippen molar-refractivity contribution in [1.82, 2.24) is 19.9 Å². The highest BCUT2D eigenvalue weighted by Gasteiger charge is 2.27. The molecule has 2 aliphatic heterocycles. The Morgan fingerprint density at radius 2 is 1.86 bits per heavy atom. The Hall–Kier alpha value is -3.95. The predicted molar refractivity (Wildman–Crippen MR) is 173 cm³/mol. The van der Waals surface area contributed by atoms with Gasteiger partial charge >= 0.3 is 0 Å². The van der Waals surface area contributed by atoms with Gasteiger partial charge in [0, 0.05) is 65.8 Å². The fourth-order valence-corrected chi connectivity index (χ4v) is 6.58. The summed E-state index contributed by atoms with van der Waals surface area (Å²) < 4.78 is 7.69. The molecule has 43 heavy (non-hydrogen) atoms. The van der Waals surface area contributed by atoms with Gasteiger partial charge < -0.3 is 20.3 Å². The maximum atomic E-state index is 14.4. The summed E-state index contributed by atoms with van der Waals surface area (Å²) in [5.74, 6) is 0.408. The molecule has 0 aliphatic carbocycles. The molecule has 0 saturated carbocycles. The van der Waals surface area contributed by atoms with Crippen LogP contribution in [0, 0.1) is 0 Å². The summed E-state index contributed by atoms with van der Waals surface area (Å²) in [4.78, 5) is 26.1. The van der Waals surface area contributed by atoms with E-state index in [9.17, 15) is 4.79 Å². The highest BCUT2D eigenvalue weighted by molar-refractivity contribution is 6.36. The molecule has 2 N–H and O–H groups in total. The van der Waals surface area contributed by atoms with Crippen LogP contribution in [-0.4, -0.2) is 47.8 Å². The molecule has 0 radical (unpaired) electrons. The Bertz CT molecular complexity index is 1870. The van der Waals surface area contributed by atoms with E-state index >= 15 is 0 Å². The lowest BCUT2D eigenvalue weighted by Gasteiger charge is -2.35. The summed E-state index contributed by atoms with van der Waals surface area (Å²) in [5, 5.41) is 8.35. The van der Waals surface area contributed by atoms with Crippen LogP contribution in [0.1, 0.15) is 23.3 Å². The van der Waals surface area contributed by atoms with E-state index in [4.69, 9.17) is 32.9 Å². The van der Waals surface area contributed by atoms with Crippen molar-refractivity contribution in [2.24, 2.45) is 0 Å². The fraction of sp³-hybridized carbons (Fsp3) is 0.242. The monoisotopic (exact) mass is 612 g/mol. The summed E-state index contributed by atoms with van der Waals surface area (Å²) in [6.07, 6.45) is 2.49. The first kappa shape index (κ1) is 27.9. The number of nitrogens with one attached hydrogen (secondary N) is 2. The van der Waals surface area contributed by atoms with Crippen molar-refractivity contribution in [2.45, 2.75) is 18.6 Å². The smallest absolute Gasteiger partial charge is 0.260 e. The van der Waals surface area contributed by atoms with E-state index in [1.54, 1.807) is 24.4 Å². The number of halogens is 2. The Kier molecular flexibility index (Phi) is 7.53. The number of rotatable bonds is 5. The highest BCUT2D eigenvalue weighted by Crippen LogP contribution is 2.34. The lowest BCUT2D eigenvalue weighted by Crippen LogP contribution is -2.39. The Balaban J connectivity index is 1.30. The van der Waals surface area contributed by atoms with Crippen LogP contribution in [0.4, 0.5) is 17.3 Å². The van der Waals surface area contributed by atoms with E-state index in [1.165, 1.54) is 11.3 Å². The third-order valence-corrected chi connectivity index (χ3v) is 8.72. The second-order valence-electron chi connectivity index (χ2n) is 11.0. The number of morpholine rings is 1. The predicted octanol–water partition coefficient (Wildman–Crippen LogP) is 6.40. The molecule has 1 fully saturated rings. The van der Waals surface area contributed by atoms with Crippen molar-refractivity contribution in [3.8, 4) is 11.1 Å². The van der Waals surface area contributed by atoms with Crippen molar-refractivity contribution in [2.75, 3.05) is 43.5 Å². The molecule has 4 heterocycles. The zero-order valence-electron chi connectivity index (χ0n) is 23.6. The van der Waals surface area contributed by atoms with Crippen LogP contribution in [0.3, 0.4) is 0 Å². The first-order valence-corrected chi connectivity index (χ1v) is 15.1. The zero-order chi connectivity index (χ0) is 29.5. The van der Waals surface area contributed by atoms with Crippen LogP contribution in [0.15, 0.2) is 83.8 Å². The van der Waals surface area contributed by atoms with E-state index in [-0.39, 0.29) is 17.7 Å². The van der Waals surface area contributed by atoms with E-state index in [0.29, 0.717) is 52.3 Å². The number of benzene rings is 3. The summed E-state index contributed by atoms with van der Waals surface area (Å²) in [6, 6.07) is 23.2. The molecule has 10 heteroatoms. The Labute approximate surface area is 259 Å². The third-order valence-electron chi connectivity index (χ3n) is 8.17. The Morgan fingerprint density at radius 1 is 1.02 bits per heavy atom. The molecular weight excluding hydrogens is 583 g/mol. The van der Waals surface area contributed by atoms with Gasteiger partial charge in [0.05, 0.1) is 23.8 Å². The van der Waals surface area contributed by atoms with Crippen molar-refractivity contribution >= 4 is 51.6 Å². The van der Waals surface area contributed by atoms with Gasteiger partial charge in [-0.05, 0) is 53.9 Å². The van der Waals surface area contributed by atoms with Crippen molar-refractivity contribution in [1.29, 1.82) is 0 Å². The first-order valence-electron chi connectivity index (χ1n) is 14.3. The molecule has 0 spiro atoms. The van der Waals surface area contributed by atoms with Gasteiger partial charge in [0.25, 0.3) is 5.56 Å². The van der Waals surface area contributed by atoms with Gasteiger partial charge in [-0.2, -0.15) is 4.98 Å². The minimum absolute atomic E-state index is 0.0382. The van der Waals surface area contributed by atoms with Gasteiger partial charge in [0.15, 0.2) is 0 Å². The second-order valence-corrected chi connectivity index (χ2v) is 11.9. The largest absolute Gasteiger partial charge is 0.372 e. The van der Waals surface area contributed by atoms with Gasteiger partial charge in [0.2, 0.25) is 5.95 Å². The standard InChI is InChI=1S/C33H30Cl2N6O2/c1-40-19-25(14-21-4-2-3-5-29(21)40)41-31-22(15-27(32(41)42)26-11-8-23(34)16-28(26)35)17-37-33(39-31)38-24-9-6-20(7-10-24)30-18-36-12-13-43-30/h2-11,15-17,25,30,36H,12-14,18-19H2,1H3,(H,37,38,39). The van der Waals surface area contributed by atoms with Gasteiger partial charge in [-0.15, -0.1) is 0 Å². The molecule has 1 saturated heterocycles. The summed E-state index contributed by atoms with van der Waals surface area (Å²) in [7, 11) is 2.05. The molecule has 2 aromatic heterocycles. The van der Waals surface area contributed by atoms with Crippen LogP contribution in [0.5, 0.6) is 0 Å². The summed E-state index contributed by atoms with van der Waals surface area (Å²) in [5.41, 5.74) is 5.81. The Morgan fingerprint density at radius 3 is 2.65 bits per heavy atom. The average molecular weight is 614 g/mol. The lowest BCUT2D eigenvalue weighted by atomic mass is 9.97. The number of pyridine rings is 1. The maximum absolute atomic E-state index is 14.4. The van der Waals surface area contributed by atoms with Crippen molar-refractivity contribution < 1.29 is 4.74 Å². The van der Waals surface area contributed by atoms with Crippen LogP contribution in [0.2, 0.25) is 10.0 Å². The second kappa shape index (κ2) is 11.6. The first-order chi connectivity index (χ1) is 20.9. The zero-order valence-corrected chi connectivity index (χ0v) is 25.1. The van der Waals surface area contributed by atoms with E-state index < -0.39 is 0 Å². The molecule has 2 atom stereocenters. The van der Waals surface area contributed by atoms with E-state index in [2.05, 4.69) is 51.8 Å². The third kappa shape index (κ3) is 5.47. The molecule has 218 valence electrons. The molecule has 2 aliphatic rings. The highest BCUT2D eigenvalue weighted by atomic mass is 35.5. The van der Waals surface area contributed by atoms with Crippen molar-refractivity contribution in [3.63, 3.8) is 0 Å². The van der Waals surface area contributed by atoms with Gasteiger partial charge in [-0.25, -0.2) is 4.98 Å². The molecule has 3 aromatic carbocycles. The molecule has 7 rings (SSSR count). The van der Waals surface area contributed by atoms with Crippen LogP contribution in [-0.2, 0) is 11.2 Å². The van der Waals surface area contributed by atoms with Gasteiger partial charge in [0.1, 0.15) is 5.65 Å². The van der Waals surface area contributed by atoms with E-state index in [1.807, 2.05) is 34.9 Å². The van der Waals surface area contributed by atoms with E-state index in [0.717, 1.165) is 29.7 Å². The minimum atomic E-state index is -0.162. The number of hydrogen-bond acceptors (Lipinski definition) is 7. The van der Waals surface area contributed by atoms with Crippen LogP contribution in [0.25, 0.3) is 22.2 Å². The molecular formula is C33H30Cl2N6O2. The SMILES string of the molecule is CN1CC(n2c(=O)c(-c3ccc(Cl)cc3Cl)cc3cnc(Nc4ccc(C5CNCCO5)cc4)nc32)Cc2ccccc21. The number of ether oxygens (including phenoxy) is 1. The lowest BCUT2D eigenvalue weighted by molar-refractivity contribution is 0.0277. The number of hydrogen-bond donors (Lipinski definition) is 2. The van der Waals surface area contributed by atoms with Crippen molar-refractivity contribution in [3.05, 3.63) is 111 Å². The number of para-hydroxylation sites is 1. The molecule has 0 bridgehead atoms. The number of nitrogens with zero attached hydrogens (tertiary/aromatic N) is 4. The normalized spacial score (nSPS) is 18.4. The average Bonchev–Trinajstić information content (AvgIpc) is 3.02. The van der Waals surface area contributed by atoms with Gasteiger partial charge in [-0.3, -0.25) is 9.36 Å². The summed E-state index contributed by atoms with van der Waals surface area (Å²) >= 11 is 12.8. The van der Waals surface area contributed by atoms with Crippen LogP contribution >= 0.6 is 23.2 Å². The van der Waals surface area contributed by atoms with Gasteiger partial charge in [-0.1, -0.05) is 59.6 Å². The topological polar surface area (TPSA) is 84.3 Å². The number of aromatic nitrogens is 3. The number of anilines is 3. The molecule has 2 unspecified atom stereocenters. The summed E-state index contributed by atoms with van der Waals surface area (Å²) in [6.45, 7) is 3.02. The molecule has 0 amide bonds. The minimum Gasteiger partial charge on any atom is -0.372 e. The maximum Gasteiger partial charge on any atom is 0.260 e. The molecule has 8 nitrogen and oxygen atoms in total. The molecule has 5 aromatic rings. The number of likely N-dealkylation sites (N-methyl/N-ethyl adjacent to an activating group) is 1. The van der Waals surface area contributed by atoms with Crippen LogP contribution < -0.4 is 21.1 Å². The fourth-order valence-electron chi connectivity index (χ4n) is 6.07. The quantitative estimate of drug-likeness (QED) is 0.237. The number of fused-ring (bicyclic) bond motifs is 2.